The number of benzene rings is 1. The third kappa shape index (κ3) is 3.30. The number of nitrogens with zero attached hydrogens (tertiary/aromatic N) is 2. The summed E-state index contributed by atoms with van der Waals surface area (Å²) in [7, 11) is 0. The van der Waals surface area contributed by atoms with Crippen LogP contribution < -0.4 is 0 Å². The molecule has 0 radical (unpaired) electrons. The second-order valence-electron chi connectivity index (χ2n) is 4.41. The summed E-state index contributed by atoms with van der Waals surface area (Å²) < 4.78 is 1.82. The Kier molecular flexibility index (Phi) is 4.86. The van der Waals surface area contributed by atoms with Crippen LogP contribution in [0, 0.1) is 0 Å². The normalized spacial score (nSPS) is 12.6. The summed E-state index contributed by atoms with van der Waals surface area (Å²) in [5, 5.41) is 15.5. The van der Waals surface area contributed by atoms with Crippen LogP contribution in [0.1, 0.15) is 30.7 Å². The minimum Gasteiger partial charge on any atom is -0.386 e. The second-order valence-corrected chi connectivity index (χ2v) is 5.20. The maximum atomic E-state index is 10.3. The molecule has 0 spiro atoms. The van der Waals surface area contributed by atoms with Crippen molar-refractivity contribution in [3.05, 3.63) is 51.8 Å². The van der Waals surface area contributed by atoms with Crippen LogP contribution in [-0.4, -0.2) is 14.9 Å². The molecule has 1 heterocycles. The van der Waals surface area contributed by atoms with Gasteiger partial charge in [-0.1, -0.05) is 42.3 Å². The number of halogens is 2. The Balaban J connectivity index is 2.18. The van der Waals surface area contributed by atoms with Gasteiger partial charge in [-0.05, 0) is 24.1 Å². The van der Waals surface area contributed by atoms with Gasteiger partial charge in [-0.2, -0.15) is 5.10 Å². The monoisotopic (exact) mass is 298 g/mol. The molecule has 0 bridgehead atoms. The van der Waals surface area contributed by atoms with Crippen LogP contribution in [0.5, 0.6) is 0 Å². The highest BCUT2D eigenvalue weighted by atomic mass is 35.5. The number of aryl methyl sites for hydroxylation is 1. The Hall–Kier alpha value is -1.03. The average molecular weight is 299 g/mol. The van der Waals surface area contributed by atoms with Gasteiger partial charge in [-0.15, -0.1) is 0 Å². The molecule has 19 heavy (non-hydrogen) atoms. The molecular formula is C14H16Cl2N2O. The van der Waals surface area contributed by atoms with E-state index in [9.17, 15) is 5.11 Å². The van der Waals surface area contributed by atoms with Gasteiger partial charge in [0, 0.05) is 19.2 Å². The van der Waals surface area contributed by atoms with E-state index in [1.807, 2.05) is 22.9 Å². The quantitative estimate of drug-likeness (QED) is 0.910. The molecule has 0 saturated carbocycles. The van der Waals surface area contributed by atoms with Crippen LogP contribution in [0.15, 0.2) is 30.5 Å². The molecule has 0 aliphatic heterocycles. The van der Waals surface area contributed by atoms with E-state index in [2.05, 4.69) is 12.0 Å². The zero-order chi connectivity index (χ0) is 13.8. The van der Waals surface area contributed by atoms with E-state index in [1.54, 1.807) is 12.3 Å². The van der Waals surface area contributed by atoms with E-state index < -0.39 is 6.10 Å². The molecule has 0 saturated heterocycles. The first kappa shape index (κ1) is 14.4. The van der Waals surface area contributed by atoms with Gasteiger partial charge in [-0.3, -0.25) is 4.68 Å². The van der Waals surface area contributed by atoms with Gasteiger partial charge in [-0.25, -0.2) is 0 Å². The lowest BCUT2D eigenvalue weighted by atomic mass is 10.1. The van der Waals surface area contributed by atoms with Gasteiger partial charge in [0.25, 0.3) is 0 Å². The van der Waals surface area contributed by atoms with Crippen LogP contribution >= 0.6 is 23.2 Å². The van der Waals surface area contributed by atoms with Crippen LogP contribution in [0.4, 0.5) is 0 Å². The molecule has 1 atom stereocenters. The van der Waals surface area contributed by atoms with E-state index in [1.165, 1.54) is 0 Å². The van der Waals surface area contributed by atoms with Crippen LogP contribution in [0.25, 0.3) is 0 Å². The Morgan fingerprint density at radius 1 is 1.32 bits per heavy atom. The zero-order valence-corrected chi connectivity index (χ0v) is 12.2. The largest absolute Gasteiger partial charge is 0.386 e. The minimum absolute atomic E-state index is 0.425. The van der Waals surface area contributed by atoms with E-state index >= 15 is 0 Å². The van der Waals surface area contributed by atoms with Crippen molar-refractivity contribution in [1.29, 1.82) is 0 Å². The van der Waals surface area contributed by atoms with E-state index in [0.717, 1.165) is 24.2 Å². The zero-order valence-electron chi connectivity index (χ0n) is 10.7. The predicted molar refractivity (Wildman–Crippen MR) is 77.6 cm³/mol. The molecule has 2 aromatic rings. The molecule has 3 nitrogen and oxygen atoms in total. The van der Waals surface area contributed by atoms with Gasteiger partial charge < -0.3 is 5.11 Å². The van der Waals surface area contributed by atoms with E-state index in [4.69, 9.17) is 23.2 Å². The fourth-order valence-corrected chi connectivity index (χ4v) is 2.44. The average Bonchev–Trinajstić information content (AvgIpc) is 2.84. The molecule has 1 N–H and O–H groups in total. The molecule has 0 aliphatic carbocycles. The summed E-state index contributed by atoms with van der Waals surface area (Å²) in [6.45, 7) is 2.87. The molecule has 5 heteroatoms. The van der Waals surface area contributed by atoms with Crippen molar-refractivity contribution in [2.45, 2.75) is 32.4 Å². The molecule has 2 rings (SSSR count). The first-order valence-corrected chi connectivity index (χ1v) is 7.01. The molecule has 0 aliphatic rings. The lowest BCUT2D eigenvalue weighted by Crippen LogP contribution is -2.11. The molecule has 0 fully saturated rings. The number of aromatic nitrogens is 2. The maximum Gasteiger partial charge on any atom is 0.0997 e. The number of hydrogen-bond acceptors (Lipinski definition) is 2. The Bertz CT molecular complexity index is 554. The fourth-order valence-electron chi connectivity index (χ4n) is 2.04. The van der Waals surface area contributed by atoms with Crippen molar-refractivity contribution < 1.29 is 5.11 Å². The van der Waals surface area contributed by atoms with Crippen molar-refractivity contribution in [3.63, 3.8) is 0 Å². The molecule has 1 unspecified atom stereocenters. The van der Waals surface area contributed by atoms with Crippen LogP contribution in [0.3, 0.4) is 0 Å². The Morgan fingerprint density at radius 2 is 2.11 bits per heavy atom. The summed E-state index contributed by atoms with van der Waals surface area (Å²) in [5.41, 5.74) is 1.64. The number of aliphatic hydroxyl groups excluding tert-OH is 1. The summed E-state index contributed by atoms with van der Waals surface area (Å²) in [6, 6.07) is 7.28. The topological polar surface area (TPSA) is 38.0 Å². The first-order valence-electron chi connectivity index (χ1n) is 6.26. The van der Waals surface area contributed by atoms with Gasteiger partial charge in [0.05, 0.1) is 21.8 Å². The van der Waals surface area contributed by atoms with Crippen LogP contribution in [-0.2, 0) is 13.0 Å². The lowest BCUT2D eigenvalue weighted by molar-refractivity contribution is 0.166. The highest BCUT2D eigenvalue weighted by molar-refractivity contribution is 6.42. The smallest absolute Gasteiger partial charge is 0.0997 e. The van der Waals surface area contributed by atoms with Gasteiger partial charge in [0.2, 0.25) is 0 Å². The summed E-state index contributed by atoms with van der Waals surface area (Å²) in [5.74, 6) is 0. The summed E-state index contributed by atoms with van der Waals surface area (Å²) >= 11 is 12.1. The maximum absolute atomic E-state index is 10.3. The highest BCUT2D eigenvalue weighted by Gasteiger charge is 2.15. The number of aliphatic hydroxyl groups is 1. The van der Waals surface area contributed by atoms with Crippen molar-refractivity contribution in [1.82, 2.24) is 9.78 Å². The SMILES string of the molecule is CCCn1nccc1C(O)Cc1cccc(Cl)c1Cl. The molecule has 0 amide bonds. The van der Waals surface area contributed by atoms with Crippen molar-refractivity contribution in [3.8, 4) is 0 Å². The van der Waals surface area contributed by atoms with Crippen molar-refractivity contribution >= 4 is 23.2 Å². The molecule has 1 aromatic carbocycles. The van der Waals surface area contributed by atoms with Crippen LogP contribution in [0.2, 0.25) is 10.0 Å². The number of rotatable bonds is 5. The molecular weight excluding hydrogens is 283 g/mol. The second kappa shape index (κ2) is 6.42. The highest BCUT2D eigenvalue weighted by Crippen LogP contribution is 2.29. The van der Waals surface area contributed by atoms with E-state index in [0.29, 0.717) is 16.5 Å². The standard InChI is InChI=1S/C14H16Cl2N2O/c1-2-8-18-12(6-7-17-18)13(19)9-10-4-3-5-11(15)14(10)16/h3-7,13,19H,2,8-9H2,1H3. The van der Waals surface area contributed by atoms with Crippen molar-refractivity contribution in [2.75, 3.05) is 0 Å². The van der Waals surface area contributed by atoms with Gasteiger partial charge in [0.1, 0.15) is 0 Å². The molecule has 102 valence electrons. The summed E-state index contributed by atoms with van der Waals surface area (Å²) in [4.78, 5) is 0. The third-order valence-electron chi connectivity index (χ3n) is 2.97. The Labute approximate surface area is 122 Å². The minimum atomic E-state index is -0.634. The lowest BCUT2D eigenvalue weighted by Gasteiger charge is -2.14. The third-order valence-corrected chi connectivity index (χ3v) is 3.83. The number of hydrogen-bond donors (Lipinski definition) is 1. The predicted octanol–water partition coefficient (Wildman–Crippen LogP) is 3.88. The molecule has 1 aromatic heterocycles. The first-order chi connectivity index (χ1) is 9.13. The fraction of sp³-hybridized carbons (Fsp3) is 0.357. The van der Waals surface area contributed by atoms with Gasteiger partial charge in [0.15, 0.2) is 0 Å². The van der Waals surface area contributed by atoms with Gasteiger partial charge >= 0.3 is 0 Å². The summed E-state index contributed by atoms with van der Waals surface area (Å²) in [6.07, 6.45) is 2.46. The van der Waals surface area contributed by atoms with Crippen molar-refractivity contribution in [2.24, 2.45) is 0 Å². The van der Waals surface area contributed by atoms with E-state index in [-0.39, 0.29) is 0 Å². The Morgan fingerprint density at radius 3 is 2.84 bits per heavy atom.